The predicted octanol–water partition coefficient (Wildman–Crippen LogP) is 0.648. The summed E-state index contributed by atoms with van der Waals surface area (Å²) in [6.07, 6.45) is 0. The lowest BCUT2D eigenvalue weighted by molar-refractivity contribution is 0.0726. The molecule has 2 heterocycles. The normalized spacial score (nSPS) is 17.6. The van der Waals surface area contributed by atoms with Crippen molar-refractivity contribution in [3.05, 3.63) is 21.8 Å². The van der Waals surface area contributed by atoms with Gasteiger partial charge in [-0.1, -0.05) is 0 Å². The lowest BCUT2D eigenvalue weighted by atomic mass is 10.3. The molecule has 0 saturated carbocycles. The Morgan fingerprint density at radius 1 is 1.30 bits per heavy atom. The van der Waals surface area contributed by atoms with E-state index < -0.39 is 10.2 Å². The van der Waals surface area contributed by atoms with E-state index in [1.54, 1.807) is 12.1 Å². The van der Waals surface area contributed by atoms with Crippen LogP contribution in [-0.2, 0) is 14.9 Å². The Morgan fingerprint density at radius 3 is 2.70 bits per heavy atom. The SMILES string of the molecule is Nc1nc2ccc(I)cc2n1S(=O)(=O)N1CCOCC1. The van der Waals surface area contributed by atoms with Crippen molar-refractivity contribution in [1.82, 2.24) is 13.3 Å². The van der Waals surface area contributed by atoms with Crippen LogP contribution in [0.15, 0.2) is 18.2 Å². The zero-order chi connectivity index (χ0) is 14.3. The van der Waals surface area contributed by atoms with Crippen LogP contribution < -0.4 is 5.73 Å². The fourth-order valence-corrected chi connectivity index (χ4v) is 4.17. The summed E-state index contributed by atoms with van der Waals surface area (Å²) in [6.45, 7) is 1.43. The third kappa shape index (κ3) is 2.28. The summed E-state index contributed by atoms with van der Waals surface area (Å²) < 4.78 is 34.0. The standard InChI is InChI=1S/C11H13IN4O3S/c12-8-1-2-9-10(7-8)16(11(13)14-9)20(17,18)15-3-5-19-6-4-15/h1-2,7H,3-6H2,(H2,13,14). The molecule has 3 rings (SSSR count). The molecule has 0 unspecified atom stereocenters. The third-order valence-corrected chi connectivity index (χ3v) is 5.66. The summed E-state index contributed by atoms with van der Waals surface area (Å²) >= 11 is 2.13. The molecule has 1 aromatic carbocycles. The molecule has 9 heteroatoms. The van der Waals surface area contributed by atoms with Crippen LogP contribution in [0.3, 0.4) is 0 Å². The molecule has 1 aromatic heterocycles. The summed E-state index contributed by atoms with van der Waals surface area (Å²) in [4.78, 5) is 4.12. The number of benzene rings is 1. The van der Waals surface area contributed by atoms with Crippen LogP contribution in [0.1, 0.15) is 0 Å². The molecule has 108 valence electrons. The number of imidazole rings is 1. The summed E-state index contributed by atoms with van der Waals surface area (Å²) in [5.41, 5.74) is 6.88. The number of ether oxygens (including phenoxy) is 1. The van der Waals surface area contributed by atoms with E-state index in [0.29, 0.717) is 37.3 Å². The zero-order valence-corrected chi connectivity index (χ0v) is 13.5. The van der Waals surface area contributed by atoms with Crippen molar-refractivity contribution in [2.75, 3.05) is 32.0 Å². The summed E-state index contributed by atoms with van der Waals surface area (Å²) in [6, 6.07) is 5.39. The number of morpholine rings is 1. The maximum atomic E-state index is 12.7. The van der Waals surface area contributed by atoms with Crippen LogP contribution in [-0.4, -0.2) is 48.0 Å². The van der Waals surface area contributed by atoms with Crippen LogP contribution in [0, 0.1) is 3.57 Å². The van der Waals surface area contributed by atoms with Crippen molar-refractivity contribution in [3.8, 4) is 0 Å². The number of halogens is 1. The highest BCUT2D eigenvalue weighted by molar-refractivity contribution is 14.1. The number of nitrogens with two attached hydrogens (primary N) is 1. The quantitative estimate of drug-likeness (QED) is 0.738. The molecule has 7 nitrogen and oxygen atoms in total. The smallest absolute Gasteiger partial charge is 0.311 e. The van der Waals surface area contributed by atoms with E-state index in [-0.39, 0.29) is 5.95 Å². The van der Waals surface area contributed by atoms with Crippen LogP contribution >= 0.6 is 22.6 Å². The van der Waals surface area contributed by atoms with Crippen LogP contribution in [0.2, 0.25) is 0 Å². The van der Waals surface area contributed by atoms with Gasteiger partial charge >= 0.3 is 10.2 Å². The average molecular weight is 408 g/mol. The zero-order valence-electron chi connectivity index (χ0n) is 10.5. The Kier molecular flexibility index (Phi) is 3.60. The van der Waals surface area contributed by atoms with E-state index in [2.05, 4.69) is 27.6 Å². The number of nitrogen functional groups attached to an aromatic ring is 1. The van der Waals surface area contributed by atoms with Crippen molar-refractivity contribution >= 4 is 49.8 Å². The Morgan fingerprint density at radius 2 is 2.00 bits per heavy atom. The Balaban J connectivity index is 2.17. The van der Waals surface area contributed by atoms with Gasteiger partial charge in [0.1, 0.15) is 0 Å². The first-order valence-corrected chi connectivity index (χ1v) is 8.49. The highest BCUT2D eigenvalue weighted by Gasteiger charge is 2.29. The van der Waals surface area contributed by atoms with Crippen molar-refractivity contribution in [2.45, 2.75) is 0 Å². The lowest BCUT2D eigenvalue weighted by Crippen LogP contribution is -2.43. The molecule has 0 amide bonds. The molecule has 0 radical (unpaired) electrons. The van der Waals surface area contributed by atoms with Crippen molar-refractivity contribution in [1.29, 1.82) is 0 Å². The molecule has 1 saturated heterocycles. The van der Waals surface area contributed by atoms with Gasteiger partial charge in [0.05, 0.1) is 24.2 Å². The number of hydrogen-bond donors (Lipinski definition) is 1. The van der Waals surface area contributed by atoms with E-state index in [1.807, 2.05) is 6.07 Å². The highest BCUT2D eigenvalue weighted by Crippen LogP contribution is 2.24. The fraction of sp³-hybridized carbons (Fsp3) is 0.364. The summed E-state index contributed by atoms with van der Waals surface area (Å²) in [5, 5.41) is 0. The van der Waals surface area contributed by atoms with Gasteiger partial charge in [-0.05, 0) is 40.8 Å². The van der Waals surface area contributed by atoms with Crippen LogP contribution in [0.5, 0.6) is 0 Å². The number of nitrogens with zero attached hydrogens (tertiary/aromatic N) is 3. The third-order valence-electron chi connectivity index (χ3n) is 3.13. The Hall–Kier alpha value is -0.910. The number of rotatable bonds is 2. The van der Waals surface area contributed by atoms with Gasteiger partial charge in [-0.3, -0.25) is 0 Å². The summed E-state index contributed by atoms with van der Waals surface area (Å²) in [7, 11) is -3.71. The van der Waals surface area contributed by atoms with E-state index in [0.717, 1.165) is 7.54 Å². The van der Waals surface area contributed by atoms with E-state index in [4.69, 9.17) is 10.5 Å². The number of anilines is 1. The average Bonchev–Trinajstić information content (AvgIpc) is 2.75. The lowest BCUT2D eigenvalue weighted by Gasteiger charge is -2.26. The molecular weight excluding hydrogens is 395 g/mol. The highest BCUT2D eigenvalue weighted by atomic mass is 127. The predicted molar refractivity (Wildman–Crippen MR) is 83.6 cm³/mol. The number of aromatic nitrogens is 2. The molecule has 20 heavy (non-hydrogen) atoms. The van der Waals surface area contributed by atoms with E-state index in [9.17, 15) is 8.42 Å². The maximum absolute atomic E-state index is 12.7. The van der Waals surface area contributed by atoms with Gasteiger partial charge in [-0.15, -0.1) is 0 Å². The largest absolute Gasteiger partial charge is 0.379 e. The van der Waals surface area contributed by atoms with Crippen molar-refractivity contribution in [3.63, 3.8) is 0 Å². The first kappa shape index (κ1) is 14.0. The number of fused-ring (bicyclic) bond motifs is 1. The molecule has 2 N–H and O–H groups in total. The molecule has 0 spiro atoms. The molecule has 1 aliphatic rings. The minimum atomic E-state index is -3.71. The molecule has 1 fully saturated rings. The molecule has 0 bridgehead atoms. The Labute approximate surface area is 130 Å². The van der Waals surface area contributed by atoms with Gasteiger partial charge in [0.25, 0.3) is 0 Å². The maximum Gasteiger partial charge on any atom is 0.311 e. The van der Waals surface area contributed by atoms with E-state index in [1.165, 1.54) is 4.31 Å². The second-order valence-electron chi connectivity index (χ2n) is 4.39. The fourth-order valence-electron chi connectivity index (χ4n) is 2.18. The van der Waals surface area contributed by atoms with Gasteiger partial charge in [0.15, 0.2) is 0 Å². The van der Waals surface area contributed by atoms with Crippen LogP contribution in [0.4, 0.5) is 5.95 Å². The topological polar surface area (TPSA) is 90.4 Å². The molecule has 0 aliphatic carbocycles. The van der Waals surface area contributed by atoms with Gasteiger partial charge in [0, 0.05) is 16.7 Å². The second-order valence-corrected chi connectivity index (χ2v) is 7.41. The Bertz CT molecular complexity index is 752. The van der Waals surface area contributed by atoms with Crippen LogP contribution in [0.25, 0.3) is 11.0 Å². The minimum Gasteiger partial charge on any atom is -0.379 e. The van der Waals surface area contributed by atoms with Gasteiger partial charge < -0.3 is 10.5 Å². The molecule has 2 aromatic rings. The van der Waals surface area contributed by atoms with E-state index >= 15 is 0 Å². The number of hydrogen-bond acceptors (Lipinski definition) is 5. The minimum absolute atomic E-state index is 0.0199. The van der Waals surface area contributed by atoms with Crippen molar-refractivity contribution < 1.29 is 13.2 Å². The van der Waals surface area contributed by atoms with Gasteiger partial charge in [-0.25, -0.2) is 4.98 Å². The monoisotopic (exact) mass is 408 g/mol. The first-order chi connectivity index (χ1) is 9.50. The van der Waals surface area contributed by atoms with Gasteiger partial charge in [-0.2, -0.15) is 16.7 Å². The summed E-state index contributed by atoms with van der Waals surface area (Å²) in [5.74, 6) is -0.0199. The molecule has 1 aliphatic heterocycles. The van der Waals surface area contributed by atoms with Crippen molar-refractivity contribution in [2.24, 2.45) is 0 Å². The molecule has 0 atom stereocenters. The first-order valence-electron chi connectivity index (χ1n) is 6.02. The second kappa shape index (κ2) is 5.13. The van der Waals surface area contributed by atoms with Gasteiger partial charge in [0.2, 0.25) is 5.95 Å². The molecular formula is C11H13IN4O3S.